The van der Waals surface area contributed by atoms with Crippen LogP contribution in [-0.4, -0.2) is 4.40 Å². The summed E-state index contributed by atoms with van der Waals surface area (Å²) < 4.78 is 4.85. The Hall–Kier alpha value is -3.13. The third kappa shape index (κ3) is 2.36. The van der Waals surface area contributed by atoms with Gasteiger partial charge in [-0.3, -0.25) is 0 Å². The third-order valence-corrected chi connectivity index (χ3v) is 7.21. The van der Waals surface area contributed by atoms with Gasteiger partial charge in [-0.15, -0.1) is 0 Å². The highest BCUT2D eigenvalue weighted by Crippen LogP contribution is 2.42. The van der Waals surface area contributed by atoms with Crippen molar-refractivity contribution in [1.82, 2.24) is 4.40 Å². The summed E-state index contributed by atoms with van der Waals surface area (Å²) in [5.41, 5.74) is 9.46. The average Bonchev–Trinajstić information content (AvgIpc) is 3.08. The molecule has 0 bridgehead atoms. The van der Waals surface area contributed by atoms with Crippen LogP contribution in [0.1, 0.15) is 56.2 Å². The van der Waals surface area contributed by atoms with E-state index in [9.17, 15) is 0 Å². The van der Waals surface area contributed by atoms with Gasteiger partial charge in [0.1, 0.15) is 7.05 Å². The lowest BCUT2D eigenvalue weighted by atomic mass is 9.95. The van der Waals surface area contributed by atoms with Crippen LogP contribution in [0.25, 0.3) is 49.0 Å². The monoisotopic (exact) mass is 405 g/mol. The fourth-order valence-corrected chi connectivity index (χ4v) is 5.45. The molecular weight excluding hydrogens is 376 g/mol. The largest absolute Gasteiger partial charge is 0.307 e. The van der Waals surface area contributed by atoms with Gasteiger partial charge in [0, 0.05) is 16.8 Å². The third-order valence-electron chi connectivity index (χ3n) is 7.21. The zero-order valence-corrected chi connectivity index (χ0v) is 19.2. The lowest BCUT2D eigenvalue weighted by molar-refractivity contribution is -0.643. The number of aryl methyl sites for hydroxylation is 2. The van der Waals surface area contributed by atoms with Gasteiger partial charge >= 0.3 is 0 Å². The van der Waals surface area contributed by atoms with Crippen molar-refractivity contribution < 1.29 is 4.57 Å². The van der Waals surface area contributed by atoms with Crippen LogP contribution in [0.3, 0.4) is 0 Å². The number of hydrogen-bond donors (Lipinski definition) is 0. The van der Waals surface area contributed by atoms with E-state index in [2.05, 4.69) is 105 Å². The fraction of sp³-hybridized carbons (Fsp3) is 0.276. The van der Waals surface area contributed by atoms with Gasteiger partial charge in [0.2, 0.25) is 5.52 Å². The molecule has 3 aromatic heterocycles. The van der Waals surface area contributed by atoms with Gasteiger partial charge < -0.3 is 4.40 Å². The highest BCUT2D eigenvalue weighted by Gasteiger charge is 2.24. The first-order valence-corrected chi connectivity index (χ1v) is 11.4. The molecule has 0 amide bonds. The molecule has 3 heterocycles. The van der Waals surface area contributed by atoms with Gasteiger partial charge in [-0.05, 0) is 59.0 Å². The molecule has 6 aromatic rings. The summed E-state index contributed by atoms with van der Waals surface area (Å²) in [5.74, 6) is 1.01. The van der Waals surface area contributed by atoms with Crippen molar-refractivity contribution in [3.63, 3.8) is 0 Å². The second-order valence-corrected chi connectivity index (χ2v) is 9.85. The van der Waals surface area contributed by atoms with Gasteiger partial charge in [0.05, 0.1) is 27.3 Å². The molecule has 31 heavy (non-hydrogen) atoms. The number of nitrogens with zero attached hydrogens (tertiary/aromatic N) is 2. The zero-order valence-electron chi connectivity index (χ0n) is 19.2. The Morgan fingerprint density at radius 3 is 2.26 bits per heavy atom. The Morgan fingerprint density at radius 2 is 1.52 bits per heavy atom. The highest BCUT2D eigenvalue weighted by atomic mass is 15.0. The van der Waals surface area contributed by atoms with Crippen LogP contribution in [-0.2, 0) is 7.05 Å². The van der Waals surface area contributed by atoms with Crippen molar-refractivity contribution in [3.05, 3.63) is 71.4 Å². The first kappa shape index (κ1) is 18.6. The van der Waals surface area contributed by atoms with E-state index in [-0.39, 0.29) is 0 Å². The Kier molecular flexibility index (Phi) is 3.72. The SMILES string of the molecule is Cc1ccc2c3cc(C(C)C)ccc3n3c4cc(C(C)C)cc5cc[n+](C)c(c1c23)c54. The first-order chi connectivity index (χ1) is 14.9. The topological polar surface area (TPSA) is 8.29 Å². The Balaban J connectivity index is 2.01. The number of rotatable bonds is 2. The molecule has 0 spiro atoms. The van der Waals surface area contributed by atoms with Crippen molar-refractivity contribution in [1.29, 1.82) is 0 Å². The van der Waals surface area contributed by atoms with Crippen LogP contribution >= 0.6 is 0 Å². The van der Waals surface area contributed by atoms with Crippen LogP contribution in [0, 0.1) is 6.92 Å². The van der Waals surface area contributed by atoms with E-state index >= 15 is 0 Å². The molecule has 0 aliphatic rings. The zero-order chi connectivity index (χ0) is 21.6. The minimum atomic E-state index is 0.488. The molecule has 2 heteroatoms. The fourth-order valence-electron chi connectivity index (χ4n) is 5.45. The molecule has 3 aromatic carbocycles. The maximum Gasteiger partial charge on any atom is 0.224 e. The lowest BCUT2D eigenvalue weighted by Gasteiger charge is -2.15. The predicted octanol–water partition coefficient (Wildman–Crippen LogP) is 7.37. The average molecular weight is 406 g/mol. The van der Waals surface area contributed by atoms with E-state index in [1.54, 1.807) is 0 Å². The lowest BCUT2D eigenvalue weighted by Crippen LogP contribution is -2.29. The second-order valence-electron chi connectivity index (χ2n) is 9.85. The summed E-state index contributed by atoms with van der Waals surface area (Å²) in [7, 11) is 2.18. The molecule has 0 radical (unpaired) electrons. The van der Waals surface area contributed by atoms with Crippen LogP contribution in [0.2, 0.25) is 0 Å². The van der Waals surface area contributed by atoms with Crippen molar-refractivity contribution in [2.75, 3.05) is 0 Å². The van der Waals surface area contributed by atoms with Gasteiger partial charge in [-0.25, -0.2) is 4.57 Å². The molecule has 0 aliphatic heterocycles. The second kappa shape index (κ2) is 6.20. The summed E-state index contributed by atoms with van der Waals surface area (Å²) in [6.45, 7) is 11.4. The molecule has 0 unspecified atom stereocenters. The molecular formula is C29H29N2+. The first-order valence-electron chi connectivity index (χ1n) is 11.4. The van der Waals surface area contributed by atoms with Crippen molar-refractivity contribution in [2.45, 2.75) is 46.5 Å². The summed E-state index contributed by atoms with van der Waals surface area (Å²) in [6.07, 6.45) is 2.22. The highest BCUT2D eigenvalue weighted by molar-refractivity contribution is 6.25. The Bertz CT molecular complexity index is 1650. The van der Waals surface area contributed by atoms with E-state index < -0.39 is 0 Å². The van der Waals surface area contributed by atoms with Crippen LogP contribution in [0.15, 0.2) is 54.7 Å². The number of benzene rings is 3. The summed E-state index contributed by atoms with van der Waals surface area (Å²) >= 11 is 0. The van der Waals surface area contributed by atoms with Gasteiger partial charge in [-0.1, -0.05) is 52.0 Å². The van der Waals surface area contributed by atoms with Crippen LogP contribution in [0.4, 0.5) is 0 Å². The van der Waals surface area contributed by atoms with Gasteiger partial charge in [0.25, 0.3) is 0 Å². The van der Waals surface area contributed by atoms with Crippen molar-refractivity contribution in [2.24, 2.45) is 7.05 Å². The Morgan fingerprint density at radius 1 is 0.742 bits per heavy atom. The molecule has 0 aliphatic carbocycles. The molecule has 154 valence electrons. The van der Waals surface area contributed by atoms with Crippen molar-refractivity contribution >= 4 is 49.0 Å². The number of pyridine rings is 2. The number of aromatic nitrogens is 2. The van der Waals surface area contributed by atoms with E-state index in [4.69, 9.17) is 0 Å². The summed E-state index contributed by atoms with van der Waals surface area (Å²) in [4.78, 5) is 0. The van der Waals surface area contributed by atoms with E-state index in [0.717, 1.165) is 0 Å². The predicted molar refractivity (Wildman–Crippen MR) is 133 cm³/mol. The minimum absolute atomic E-state index is 0.488. The number of hydrogen-bond acceptors (Lipinski definition) is 0. The molecule has 0 saturated carbocycles. The normalized spacial score (nSPS) is 12.8. The van der Waals surface area contributed by atoms with Crippen LogP contribution < -0.4 is 4.57 Å². The van der Waals surface area contributed by atoms with Gasteiger partial charge in [0.15, 0.2) is 6.20 Å². The summed E-state index contributed by atoms with van der Waals surface area (Å²) in [5, 5.41) is 6.79. The van der Waals surface area contributed by atoms with E-state index in [1.165, 1.54) is 65.7 Å². The standard InChI is InChI=1S/C29H29N2/c1-16(2)19-8-10-24-23(14-19)22-9-7-18(5)26-28(22)31(24)25-15-21(17(3)4)13-20-11-12-30(6)29(26)27(20)25/h7-17H,1-6H3/q+1. The Labute approximate surface area is 183 Å². The van der Waals surface area contributed by atoms with E-state index in [0.29, 0.717) is 11.8 Å². The molecule has 0 atom stereocenters. The molecule has 0 saturated heterocycles. The number of fused-ring (bicyclic) bond motifs is 5. The molecule has 6 rings (SSSR count). The molecule has 0 fully saturated rings. The maximum atomic E-state index is 2.54. The smallest absolute Gasteiger partial charge is 0.224 e. The quantitative estimate of drug-likeness (QED) is 0.161. The maximum absolute atomic E-state index is 2.54. The minimum Gasteiger partial charge on any atom is -0.307 e. The van der Waals surface area contributed by atoms with E-state index in [1.807, 2.05) is 0 Å². The van der Waals surface area contributed by atoms with Gasteiger partial charge in [-0.2, -0.15) is 0 Å². The van der Waals surface area contributed by atoms with Crippen molar-refractivity contribution in [3.8, 4) is 0 Å². The molecule has 0 N–H and O–H groups in total. The molecule has 2 nitrogen and oxygen atoms in total. The van der Waals surface area contributed by atoms with Crippen LogP contribution in [0.5, 0.6) is 0 Å². The summed E-state index contributed by atoms with van der Waals surface area (Å²) in [6, 6.07) is 18.8.